The first-order valence-electron chi connectivity index (χ1n) is 8.91. The number of rotatable bonds is 6. The van der Waals surface area contributed by atoms with Crippen molar-refractivity contribution in [1.82, 2.24) is 9.62 Å². The van der Waals surface area contributed by atoms with Gasteiger partial charge in [-0.2, -0.15) is 0 Å². The third-order valence-electron chi connectivity index (χ3n) is 5.03. The second-order valence-corrected chi connectivity index (χ2v) is 9.02. The maximum absolute atomic E-state index is 12.0. The van der Waals surface area contributed by atoms with Crippen LogP contribution >= 0.6 is 0 Å². The molecule has 0 spiro atoms. The Morgan fingerprint density at radius 2 is 1.76 bits per heavy atom. The van der Waals surface area contributed by atoms with Gasteiger partial charge in [0, 0.05) is 13.1 Å². The molecule has 1 saturated heterocycles. The molecular formula is C16H28N2O6S. The number of sulfonamides is 1. The zero-order valence-corrected chi connectivity index (χ0v) is 15.5. The highest BCUT2D eigenvalue weighted by molar-refractivity contribution is 7.88. The Morgan fingerprint density at radius 3 is 2.28 bits per heavy atom. The lowest BCUT2D eigenvalue weighted by Gasteiger charge is -2.30. The highest BCUT2D eigenvalue weighted by Gasteiger charge is 2.29. The smallest absolute Gasteiger partial charge is 0.408 e. The topological polar surface area (TPSA) is 113 Å². The monoisotopic (exact) mass is 376 g/mol. The molecule has 1 heterocycles. The van der Waals surface area contributed by atoms with E-state index in [1.807, 2.05) is 0 Å². The molecule has 9 heteroatoms. The normalized spacial score (nSPS) is 22.3. The van der Waals surface area contributed by atoms with Gasteiger partial charge in [-0.05, 0) is 25.2 Å². The SMILES string of the molecule is CS(=O)(=O)N1CCC(OC(=O)NC(CC2CCCCC2)C(=O)O)CC1. The first-order chi connectivity index (χ1) is 11.8. The average molecular weight is 376 g/mol. The van der Waals surface area contributed by atoms with Crippen molar-refractivity contribution in [1.29, 1.82) is 0 Å². The molecule has 0 bridgehead atoms. The van der Waals surface area contributed by atoms with Gasteiger partial charge in [0.05, 0.1) is 6.26 Å². The Labute approximate surface area is 149 Å². The van der Waals surface area contributed by atoms with Crippen molar-refractivity contribution in [2.75, 3.05) is 19.3 Å². The van der Waals surface area contributed by atoms with Gasteiger partial charge in [-0.15, -0.1) is 0 Å². The lowest BCUT2D eigenvalue weighted by molar-refractivity contribution is -0.140. The average Bonchev–Trinajstić information content (AvgIpc) is 2.54. The Bertz CT molecular complexity index is 565. The number of nitrogens with one attached hydrogen (secondary N) is 1. The number of alkyl carbamates (subject to hydrolysis) is 1. The number of nitrogens with zero attached hydrogens (tertiary/aromatic N) is 1. The minimum atomic E-state index is -3.22. The molecule has 1 unspecified atom stereocenters. The van der Waals surface area contributed by atoms with Crippen LogP contribution in [0.5, 0.6) is 0 Å². The van der Waals surface area contributed by atoms with E-state index in [-0.39, 0.29) is 6.10 Å². The van der Waals surface area contributed by atoms with Crippen molar-refractivity contribution in [3.8, 4) is 0 Å². The molecule has 0 aromatic heterocycles. The van der Waals surface area contributed by atoms with Crippen molar-refractivity contribution in [2.45, 2.75) is 63.5 Å². The lowest BCUT2D eigenvalue weighted by atomic mass is 9.85. The quantitative estimate of drug-likeness (QED) is 0.727. The van der Waals surface area contributed by atoms with Gasteiger partial charge in [-0.1, -0.05) is 32.1 Å². The number of piperidine rings is 1. The van der Waals surface area contributed by atoms with E-state index in [1.54, 1.807) is 0 Å². The minimum Gasteiger partial charge on any atom is -0.480 e. The molecule has 0 radical (unpaired) electrons. The fourth-order valence-electron chi connectivity index (χ4n) is 3.59. The molecule has 2 N–H and O–H groups in total. The summed E-state index contributed by atoms with van der Waals surface area (Å²) in [7, 11) is -3.22. The summed E-state index contributed by atoms with van der Waals surface area (Å²) in [5, 5.41) is 11.8. The van der Waals surface area contributed by atoms with Crippen LogP contribution in [0.1, 0.15) is 51.4 Å². The van der Waals surface area contributed by atoms with Gasteiger partial charge in [0.25, 0.3) is 0 Å². The van der Waals surface area contributed by atoms with E-state index in [4.69, 9.17) is 4.74 Å². The molecule has 1 atom stereocenters. The maximum Gasteiger partial charge on any atom is 0.408 e. The third kappa shape index (κ3) is 6.47. The second kappa shape index (κ2) is 8.84. The van der Waals surface area contributed by atoms with Crippen molar-refractivity contribution < 1.29 is 27.9 Å². The molecule has 1 amide bonds. The molecule has 2 fully saturated rings. The van der Waals surface area contributed by atoms with Crippen LogP contribution in [0.3, 0.4) is 0 Å². The summed E-state index contributed by atoms with van der Waals surface area (Å²) in [5.74, 6) is -0.720. The fraction of sp³-hybridized carbons (Fsp3) is 0.875. The van der Waals surface area contributed by atoms with E-state index in [2.05, 4.69) is 5.32 Å². The van der Waals surface area contributed by atoms with Crippen LogP contribution in [0.25, 0.3) is 0 Å². The van der Waals surface area contributed by atoms with Crippen LogP contribution in [0.2, 0.25) is 0 Å². The molecule has 2 rings (SSSR count). The molecule has 1 saturated carbocycles. The van der Waals surface area contributed by atoms with Crippen LogP contribution in [-0.4, -0.2) is 61.4 Å². The summed E-state index contributed by atoms with van der Waals surface area (Å²) in [6, 6.07) is -0.938. The zero-order valence-electron chi connectivity index (χ0n) is 14.6. The molecule has 144 valence electrons. The predicted octanol–water partition coefficient (Wildman–Crippen LogP) is 1.56. The summed E-state index contributed by atoms with van der Waals surface area (Å²) in [6.45, 7) is 0.614. The Hall–Kier alpha value is -1.35. The van der Waals surface area contributed by atoms with Gasteiger partial charge in [0.15, 0.2) is 0 Å². The first kappa shape index (κ1) is 20.0. The van der Waals surface area contributed by atoms with Crippen molar-refractivity contribution in [3.63, 3.8) is 0 Å². The standard InChI is InChI=1S/C16H28N2O6S/c1-25(22,23)18-9-7-13(8-10-18)24-16(21)17-14(15(19)20)11-12-5-3-2-4-6-12/h12-14H,2-11H2,1H3,(H,17,21)(H,19,20). The molecule has 1 aliphatic carbocycles. The molecule has 2 aliphatic rings. The van der Waals surface area contributed by atoms with Crippen LogP contribution < -0.4 is 5.32 Å². The lowest BCUT2D eigenvalue weighted by Crippen LogP contribution is -2.46. The Balaban J connectivity index is 1.78. The number of ether oxygens (including phenoxy) is 1. The van der Waals surface area contributed by atoms with E-state index >= 15 is 0 Å². The number of carbonyl (C=O) groups is 2. The first-order valence-corrected chi connectivity index (χ1v) is 10.8. The van der Waals surface area contributed by atoms with Gasteiger partial charge in [0.2, 0.25) is 10.0 Å². The molecule has 8 nitrogen and oxygen atoms in total. The van der Waals surface area contributed by atoms with E-state index in [9.17, 15) is 23.1 Å². The third-order valence-corrected chi connectivity index (χ3v) is 6.33. The summed E-state index contributed by atoms with van der Waals surface area (Å²) in [5.41, 5.74) is 0. The predicted molar refractivity (Wildman–Crippen MR) is 91.7 cm³/mol. The zero-order chi connectivity index (χ0) is 18.4. The number of carbonyl (C=O) groups excluding carboxylic acids is 1. The number of carboxylic acids is 1. The van der Waals surface area contributed by atoms with Gasteiger partial charge in [0.1, 0.15) is 12.1 Å². The molecular weight excluding hydrogens is 348 g/mol. The summed E-state index contributed by atoms with van der Waals surface area (Å²) >= 11 is 0. The van der Waals surface area contributed by atoms with E-state index in [0.717, 1.165) is 31.9 Å². The Morgan fingerprint density at radius 1 is 1.16 bits per heavy atom. The van der Waals surface area contributed by atoms with Crippen LogP contribution in [0, 0.1) is 5.92 Å². The Kier molecular flexibility index (Phi) is 7.06. The molecule has 0 aromatic carbocycles. The highest BCUT2D eigenvalue weighted by atomic mass is 32.2. The molecule has 0 aromatic rings. The van der Waals surface area contributed by atoms with Crippen molar-refractivity contribution >= 4 is 22.1 Å². The summed E-state index contributed by atoms with van der Waals surface area (Å²) in [4.78, 5) is 23.4. The second-order valence-electron chi connectivity index (χ2n) is 7.04. The van der Waals surface area contributed by atoms with Crippen LogP contribution in [-0.2, 0) is 19.6 Å². The largest absolute Gasteiger partial charge is 0.480 e. The fourth-order valence-corrected chi connectivity index (χ4v) is 4.46. The number of amides is 1. The highest BCUT2D eigenvalue weighted by Crippen LogP contribution is 2.27. The van der Waals surface area contributed by atoms with E-state index < -0.39 is 28.1 Å². The van der Waals surface area contributed by atoms with Gasteiger partial charge >= 0.3 is 12.1 Å². The van der Waals surface area contributed by atoms with E-state index in [0.29, 0.717) is 38.3 Å². The van der Waals surface area contributed by atoms with E-state index in [1.165, 1.54) is 10.7 Å². The van der Waals surface area contributed by atoms with Crippen LogP contribution in [0.15, 0.2) is 0 Å². The van der Waals surface area contributed by atoms with Gasteiger partial charge in [-0.25, -0.2) is 22.3 Å². The number of aliphatic carboxylic acids is 1. The maximum atomic E-state index is 12.0. The van der Waals surface area contributed by atoms with Gasteiger partial charge < -0.3 is 15.2 Å². The number of hydrogen-bond donors (Lipinski definition) is 2. The summed E-state index contributed by atoms with van der Waals surface area (Å²) in [6.07, 6.45) is 6.72. The van der Waals surface area contributed by atoms with Crippen molar-refractivity contribution in [2.24, 2.45) is 5.92 Å². The minimum absolute atomic E-state index is 0.307. The summed E-state index contributed by atoms with van der Waals surface area (Å²) < 4.78 is 29.6. The van der Waals surface area contributed by atoms with Gasteiger partial charge in [-0.3, -0.25) is 0 Å². The number of carboxylic acid groups (broad SMARTS) is 1. The molecule has 1 aliphatic heterocycles. The van der Waals surface area contributed by atoms with Crippen molar-refractivity contribution in [3.05, 3.63) is 0 Å². The number of hydrogen-bond acceptors (Lipinski definition) is 5. The molecule has 25 heavy (non-hydrogen) atoms. The van der Waals surface area contributed by atoms with Crippen LogP contribution in [0.4, 0.5) is 4.79 Å².